The molecule has 2 aromatic rings. The maximum absolute atomic E-state index is 11.5. The van der Waals surface area contributed by atoms with Crippen molar-refractivity contribution in [1.29, 1.82) is 0 Å². The van der Waals surface area contributed by atoms with Crippen LogP contribution in [-0.2, 0) is 22.5 Å². The van der Waals surface area contributed by atoms with Crippen LogP contribution in [0.3, 0.4) is 0 Å². The van der Waals surface area contributed by atoms with Crippen molar-refractivity contribution < 1.29 is 9.53 Å². The Labute approximate surface area is 122 Å². The van der Waals surface area contributed by atoms with Gasteiger partial charge in [-0.2, -0.15) is 0 Å². The van der Waals surface area contributed by atoms with E-state index in [0.717, 1.165) is 24.2 Å². The third-order valence-electron chi connectivity index (χ3n) is 3.73. The zero-order chi connectivity index (χ0) is 14.8. The van der Waals surface area contributed by atoms with Gasteiger partial charge in [-0.05, 0) is 18.1 Å². The summed E-state index contributed by atoms with van der Waals surface area (Å²) in [6.07, 6.45) is 2.48. The lowest BCUT2D eigenvalue weighted by Gasteiger charge is -2.26. The lowest BCUT2D eigenvalue weighted by Crippen LogP contribution is -2.26. The monoisotopic (exact) mass is 281 g/mol. The van der Waals surface area contributed by atoms with Crippen LogP contribution in [0.2, 0.25) is 0 Å². The van der Waals surface area contributed by atoms with E-state index in [0.29, 0.717) is 6.54 Å². The molecule has 5 heteroatoms. The molecule has 0 spiro atoms. The van der Waals surface area contributed by atoms with Gasteiger partial charge >= 0.3 is 5.97 Å². The summed E-state index contributed by atoms with van der Waals surface area (Å²) in [5, 5.41) is 1.26. The van der Waals surface area contributed by atoms with Gasteiger partial charge in [-0.25, -0.2) is 4.85 Å². The molecule has 1 aliphatic rings. The number of hydrogen-bond acceptors (Lipinski definition) is 3. The molecule has 0 atom stereocenters. The lowest BCUT2D eigenvalue weighted by molar-refractivity contribution is -0.135. The molecule has 0 saturated carbocycles. The van der Waals surface area contributed by atoms with Crippen LogP contribution in [0.25, 0.3) is 15.7 Å². The van der Waals surface area contributed by atoms with Crippen molar-refractivity contribution in [2.24, 2.45) is 0 Å². The number of rotatable bonds is 2. The summed E-state index contributed by atoms with van der Waals surface area (Å²) in [5.41, 5.74) is 3.62. The number of benzene rings is 1. The van der Waals surface area contributed by atoms with Gasteiger partial charge in [0.15, 0.2) is 0 Å². The molecule has 1 aromatic heterocycles. The highest BCUT2D eigenvalue weighted by atomic mass is 16.5. The zero-order valence-corrected chi connectivity index (χ0v) is 11.7. The molecule has 5 nitrogen and oxygen atoms in total. The SMILES string of the molecule is [C-]#[N+]/C(=C/N1CCc2c([nH]c3ccccc23)C1)C(=O)OC. The largest absolute Gasteiger partial charge is 0.474 e. The average Bonchev–Trinajstić information content (AvgIpc) is 2.89. The van der Waals surface area contributed by atoms with Crippen LogP contribution >= 0.6 is 0 Å². The molecule has 0 bridgehead atoms. The summed E-state index contributed by atoms with van der Waals surface area (Å²) in [4.78, 5) is 20.1. The fourth-order valence-corrected chi connectivity index (χ4v) is 2.73. The predicted octanol–water partition coefficient (Wildman–Crippen LogP) is 2.46. The molecular formula is C16H15N3O2. The van der Waals surface area contributed by atoms with E-state index in [1.807, 2.05) is 17.0 Å². The Kier molecular flexibility index (Phi) is 3.36. The van der Waals surface area contributed by atoms with Crippen LogP contribution in [0.4, 0.5) is 0 Å². The first-order chi connectivity index (χ1) is 10.2. The molecule has 3 rings (SSSR count). The van der Waals surface area contributed by atoms with Crippen molar-refractivity contribution in [1.82, 2.24) is 9.88 Å². The average molecular weight is 281 g/mol. The second kappa shape index (κ2) is 5.33. The molecule has 0 fully saturated rings. The quantitative estimate of drug-likeness (QED) is 0.522. The normalized spacial score (nSPS) is 14.7. The van der Waals surface area contributed by atoms with Crippen molar-refractivity contribution >= 4 is 16.9 Å². The van der Waals surface area contributed by atoms with Gasteiger partial charge in [0.2, 0.25) is 0 Å². The van der Waals surface area contributed by atoms with Crippen LogP contribution in [0.5, 0.6) is 0 Å². The minimum absolute atomic E-state index is 0.0112. The minimum atomic E-state index is -0.590. The molecule has 0 saturated heterocycles. The van der Waals surface area contributed by atoms with Gasteiger partial charge in [0.1, 0.15) is 0 Å². The van der Waals surface area contributed by atoms with Crippen LogP contribution in [0.15, 0.2) is 36.2 Å². The lowest BCUT2D eigenvalue weighted by atomic mass is 10.0. The number of aromatic nitrogens is 1. The molecule has 1 aromatic carbocycles. The van der Waals surface area contributed by atoms with Crippen LogP contribution in [0, 0.1) is 6.57 Å². The Morgan fingerprint density at radius 1 is 1.48 bits per heavy atom. The summed E-state index contributed by atoms with van der Waals surface area (Å²) in [7, 11) is 1.29. The number of carbonyl (C=O) groups excluding carboxylic acids is 1. The summed E-state index contributed by atoms with van der Waals surface area (Å²) in [6, 6.07) is 8.23. The maximum Gasteiger partial charge on any atom is 0.337 e. The third kappa shape index (κ3) is 2.36. The van der Waals surface area contributed by atoms with E-state index in [4.69, 9.17) is 6.57 Å². The number of methoxy groups -OCH3 is 1. The van der Waals surface area contributed by atoms with Crippen molar-refractivity contribution in [2.45, 2.75) is 13.0 Å². The first-order valence-corrected chi connectivity index (χ1v) is 6.73. The maximum atomic E-state index is 11.5. The smallest absolute Gasteiger partial charge is 0.337 e. The Morgan fingerprint density at radius 3 is 3.05 bits per heavy atom. The molecule has 2 heterocycles. The van der Waals surface area contributed by atoms with Crippen LogP contribution < -0.4 is 0 Å². The van der Waals surface area contributed by atoms with Gasteiger partial charge in [0.25, 0.3) is 5.70 Å². The molecule has 1 N–H and O–H groups in total. The molecule has 1 aliphatic heterocycles. The molecule has 106 valence electrons. The Balaban J connectivity index is 1.90. The molecular weight excluding hydrogens is 266 g/mol. The highest BCUT2D eigenvalue weighted by Crippen LogP contribution is 2.27. The number of esters is 1. The standard InChI is InChI=1S/C16H15N3O2/c1-17-15(16(20)21-2)10-19-8-7-12-11-5-3-4-6-13(11)18-14(12)9-19/h3-6,10,18H,7-9H2,2H3/b15-10+. The van der Waals surface area contributed by atoms with E-state index in [1.54, 1.807) is 6.20 Å². The van der Waals surface area contributed by atoms with E-state index in [9.17, 15) is 4.79 Å². The van der Waals surface area contributed by atoms with Gasteiger partial charge < -0.3 is 14.6 Å². The number of H-pyrrole nitrogens is 1. The summed E-state index contributed by atoms with van der Waals surface area (Å²) in [5.74, 6) is -0.590. The Bertz CT molecular complexity index is 767. The van der Waals surface area contributed by atoms with Gasteiger partial charge in [-0.1, -0.05) is 18.2 Å². The van der Waals surface area contributed by atoms with Gasteiger partial charge in [0, 0.05) is 29.3 Å². The van der Waals surface area contributed by atoms with Crippen molar-refractivity contribution in [3.63, 3.8) is 0 Å². The number of aromatic amines is 1. The van der Waals surface area contributed by atoms with Gasteiger partial charge in [-0.3, -0.25) is 4.79 Å². The fraction of sp³-hybridized carbons (Fsp3) is 0.250. The highest BCUT2D eigenvalue weighted by molar-refractivity contribution is 5.90. The van der Waals surface area contributed by atoms with Crippen LogP contribution in [0.1, 0.15) is 11.3 Å². The summed E-state index contributed by atoms with van der Waals surface area (Å²) in [6.45, 7) is 8.52. The first-order valence-electron chi connectivity index (χ1n) is 6.73. The molecule has 0 aliphatic carbocycles. The number of ether oxygens (including phenoxy) is 1. The summed E-state index contributed by atoms with van der Waals surface area (Å²) < 4.78 is 4.61. The van der Waals surface area contributed by atoms with Crippen molar-refractivity contribution in [2.75, 3.05) is 13.7 Å². The van der Waals surface area contributed by atoms with Crippen molar-refractivity contribution in [3.8, 4) is 0 Å². The Morgan fingerprint density at radius 2 is 2.29 bits per heavy atom. The van der Waals surface area contributed by atoms with E-state index < -0.39 is 5.97 Å². The van der Waals surface area contributed by atoms with E-state index >= 15 is 0 Å². The number of nitrogens with one attached hydrogen (secondary N) is 1. The van der Waals surface area contributed by atoms with Crippen LogP contribution in [-0.4, -0.2) is 29.5 Å². The second-order valence-electron chi connectivity index (χ2n) is 4.97. The second-order valence-corrected chi connectivity index (χ2v) is 4.97. The van der Waals surface area contributed by atoms with E-state index in [2.05, 4.69) is 26.7 Å². The molecule has 0 unspecified atom stereocenters. The highest BCUT2D eigenvalue weighted by Gasteiger charge is 2.20. The molecule has 0 radical (unpaired) electrons. The fourth-order valence-electron chi connectivity index (χ4n) is 2.73. The predicted molar refractivity (Wildman–Crippen MR) is 79.1 cm³/mol. The van der Waals surface area contributed by atoms with Gasteiger partial charge in [0.05, 0.1) is 20.2 Å². The third-order valence-corrected chi connectivity index (χ3v) is 3.73. The first kappa shape index (κ1) is 13.3. The van der Waals surface area contributed by atoms with Gasteiger partial charge in [-0.15, -0.1) is 0 Å². The zero-order valence-electron chi connectivity index (χ0n) is 11.7. The minimum Gasteiger partial charge on any atom is -0.474 e. The van der Waals surface area contributed by atoms with E-state index in [-0.39, 0.29) is 5.70 Å². The summed E-state index contributed by atoms with van der Waals surface area (Å²) >= 11 is 0. The molecule has 21 heavy (non-hydrogen) atoms. The van der Waals surface area contributed by atoms with E-state index in [1.165, 1.54) is 18.1 Å². The van der Waals surface area contributed by atoms with Crippen molar-refractivity contribution in [3.05, 3.63) is 58.8 Å². The number of nitrogens with zero attached hydrogens (tertiary/aromatic N) is 2. The number of para-hydroxylation sites is 1. The number of hydrogen-bond donors (Lipinski definition) is 1. The topological polar surface area (TPSA) is 49.7 Å². The Hall–Kier alpha value is -2.74. The number of carbonyl (C=O) groups is 1. The number of fused-ring (bicyclic) bond motifs is 3. The molecule has 0 amide bonds.